The molecule has 1 N–H and O–H groups in total. The minimum atomic E-state index is -0.347. The van der Waals surface area contributed by atoms with Crippen LogP contribution in [-0.4, -0.2) is 49.4 Å². The lowest BCUT2D eigenvalue weighted by molar-refractivity contribution is -0.125. The predicted octanol–water partition coefficient (Wildman–Crippen LogP) is 1.25. The van der Waals surface area contributed by atoms with E-state index in [1.165, 1.54) is 0 Å². The lowest BCUT2D eigenvalue weighted by Crippen LogP contribution is -2.47. The highest BCUT2D eigenvalue weighted by Crippen LogP contribution is 2.18. The van der Waals surface area contributed by atoms with Crippen molar-refractivity contribution >= 4 is 17.5 Å². The summed E-state index contributed by atoms with van der Waals surface area (Å²) in [5.74, 6) is -0.0371. The molecule has 1 aromatic carbocycles. The molecule has 0 unspecified atom stereocenters. The van der Waals surface area contributed by atoms with Gasteiger partial charge in [-0.05, 0) is 38.9 Å². The average molecular weight is 289 g/mol. The largest absolute Gasteiger partial charge is 0.352 e. The summed E-state index contributed by atoms with van der Waals surface area (Å²) in [6.07, 6.45) is 2.14. The number of rotatable bonds is 6. The number of carbonyl (C=O) groups excluding carboxylic acids is 2. The van der Waals surface area contributed by atoms with Crippen molar-refractivity contribution in [3.63, 3.8) is 0 Å². The smallest absolute Gasteiger partial charge is 0.243 e. The van der Waals surface area contributed by atoms with Crippen molar-refractivity contribution in [3.05, 3.63) is 30.3 Å². The first-order valence-electron chi connectivity index (χ1n) is 7.31. The maximum absolute atomic E-state index is 12.5. The Morgan fingerprint density at radius 2 is 1.86 bits per heavy atom. The summed E-state index contributed by atoms with van der Waals surface area (Å²) in [6.45, 7) is 2.07. The lowest BCUT2D eigenvalue weighted by Gasteiger charge is -2.27. The van der Waals surface area contributed by atoms with Crippen LogP contribution >= 0.6 is 0 Å². The Morgan fingerprint density at radius 1 is 1.24 bits per heavy atom. The molecule has 5 nitrogen and oxygen atoms in total. The third kappa shape index (κ3) is 4.29. The normalized spacial score (nSPS) is 15.6. The molecule has 1 aromatic rings. The zero-order chi connectivity index (χ0) is 15.4. The van der Waals surface area contributed by atoms with E-state index in [2.05, 4.69) is 5.32 Å². The number of nitrogens with one attached hydrogen (secondary N) is 1. The number of nitrogens with zero attached hydrogens (tertiary/aromatic N) is 2. The van der Waals surface area contributed by atoms with Crippen LogP contribution in [0.4, 0.5) is 5.69 Å². The molecule has 0 radical (unpaired) electrons. The number of para-hydroxylation sites is 1. The van der Waals surface area contributed by atoms with Crippen molar-refractivity contribution in [1.29, 1.82) is 0 Å². The molecule has 0 heterocycles. The Hall–Kier alpha value is -1.88. The van der Waals surface area contributed by atoms with Crippen LogP contribution in [0.2, 0.25) is 0 Å². The highest BCUT2D eigenvalue weighted by atomic mass is 16.2. The molecule has 2 rings (SSSR count). The maximum Gasteiger partial charge on any atom is 0.243 e. The van der Waals surface area contributed by atoms with Gasteiger partial charge in [-0.2, -0.15) is 0 Å². The van der Waals surface area contributed by atoms with Gasteiger partial charge in [0.25, 0.3) is 0 Å². The molecule has 0 bridgehead atoms. The van der Waals surface area contributed by atoms with Crippen LogP contribution in [0.25, 0.3) is 0 Å². The van der Waals surface area contributed by atoms with Crippen LogP contribution in [0, 0.1) is 0 Å². The molecule has 0 aliphatic heterocycles. The monoisotopic (exact) mass is 289 g/mol. The second kappa shape index (κ2) is 6.72. The summed E-state index contributed by atoms with van der Waals surface area (Å²) in [5, 5.41) is 2.93. The number of benzene rings is 1. The molecule has 1 atom stereocenters. The third-order valence-electron chi connectivity index (χ3n) is 3.83. The van der Waals surface area contributed by atoms with Gasteiger partial charge in [0.2, 0.25) is 11.8 Å². The molecule has 1 fully saturated rings. The minimum absolute atomic E-state index is 0.0120. The molecule has 1 saturated carbocycles. The second-order valence-electron chi connectivity index (χ2n) is 5.67. The van der Waals surface area contributed by atoms with Crippen molar-refractivity contribution in [2.75, 3.05) is 25.5 Å². The summed E-state index contributed by atoms with van der Waals surface area (Å²) in [4.78, 5) is 27.6. The van der Waals surface area contributed by atoms with Gasteiger partial charge in [0.15, 0.2) is 0 Å². The highest BCUT2D eigenvalue weighted by molar-refractivity contribution is 5.96. The summed E-state index contributed by atoms with van der Waals surface area (Å²) >= 11 is 0. The SMILES string of the molecule is C[C@H](C(=O)N(C)c1ccccc1)N(C)CC(=O)NC1CC1. The first-order chi connectivity index (χ1) is 9.99. The summed E-state index contributed by atoms with van der Waals surface area (Å²) in [7, 11) is 3.56. The Kier molecular flexibility index (Phi) is 4.96. The van der Waals surface area contributed by atoms with Gasteiger partial charge in [0, 0.05) is 18.8 Å². The van der Waals surface area contributed by atoms with E-state index in [4.69, 9.17) is 0 Å². The number of anilines is 1. The molecule has 0 saturated heterocycles. The molecule has 0 spiro atoms. The Bertz CT molecular complexity index is 500. The van der Waals surface area contributed by atoms with E-state index < -0.39 is 0 Å². The molecule has 2 amide bonds. The van der Waals surface area contributed by atoms with Gasteiger partial charge in [-0.3, -0.25) is 14.5 Å². The van der Waals surface area contributed by atoms with Gasteiger partial charge in [0.05, 0.1) is 12.6 Å². The molecule has 21 heavy (non-hydrogen) atoms. The van der Waals surface area contributed by atoms with Gasteiger partial charge < -0.3 is 10.2 Å². The molecule has 5 heteroatoms. The van der Waals surface area contributed by atoms with Gasteiger partial charge in [-0.15, -0.1) is 0 Å². The first kappa shape index (κ1) is 15.5. The van der Waals surface area contributed by atoms with E-state index in [0.717, 1.165) is 18.5 Å². The summed E-state index contributed by atoms with van der Waals surface area (Å²) in [6, 6.07) is 9.51. The van der Waals surface area contributed by atoms with Crippen LogP contribution < -0.4 is 10.2 Å². The molecule has 114 valence electrons. The van der Waals surface area contributed by atoms with Crippen LogP contribution in [0.1, 0.15) is 19.8 Å². The molecular formula is C16H23N3O2. The summed E-state index contributed by atoms with van der Waals surface area (Å²) in [5.41, 5.74) is 0.852. The second-order valence-corrected chi connectivity index (χ2v) is 5.67. The van der Waals surface area contributed by atoms with Crippen molar-refractivity contribution in [1.82, 2.24) is 10.2 Å². The van der Waals surface area contributed by atoms with Crippen LogP contribution in [-0.2, 0) is 9.59 Å². The van der Waals surface area contributed by atoms with Crippen molar-refractivity contribution in [3.8, 4) is 0 Å². The number of carbonyl (C=O) groups is 2. The van der Waals surface area contributed by atoms with E-state index >= 15 is 0 Å². The van der Waals surface area contributed by atoms with Crippen molar-refractivity contribution < 1.29 is 9.59 Å². The Morgan fingerprint density at radius 3 is 2.43 bits per heavy atom. The first-order valence-corrected chi connectivity index (χ1v) is 7.31. The Balaban J connectivity index is 1.89. The fourth-order valence-electron chi connectivity index (χ4n) is 2.11. The van der Waals surface area contributed by atoms with Gasteiger partial charge in [-0.1, -0.05) is 18.2 Å². The van der Waals surface area contributed by atoms with Gasteiger partial charge in [-0.25, -0.2) is 0 Å². The zero-order valence-electron chi connectivity index (χ0n) is 12.9. The lowest BCUT2D eigenvalue weighted by atomic mass is 10.2. The molecule has 1 aliphatic rings. The van der Waals surface area contributed by atoms with Crippen LogP contribution in [0.3, 0.4) is 0 Å². The minimum Gasteiger partial charge on any atom is -0.352 e. The zero-order valence-corrected chi connectivity index (χ0v) is 12.9. The number of likely N-dealkylation sites (N-methyl/N-ethyl adjacent to an activating group) is 2. The topological polar surface area (TPSA) is 52.7 Å². The van der Waals surface area contributed by atoms with Crippen LogP contribution in [0.15, 0.2) is 30.3 Å². The van der Waals surface area contributed by atoms with Gasteiger partial charge in [0.1, 0.15) is 0 Å². The fourth-order valence-corrected chi connectivity index (χ4v) is 2.11. The van der Waals surface area contributed by atoms with Gasteiger partial charge >= 0.3 is 0 Å². The Labute approximate surface area is 125 Å². The quantitative estimate of drug-likeness (QED) is 0.857. The molecular weight excluding hydrogens is 266 g/mol. The number of amides is 2. The maximum atomic E-state index is 12.5. The average Bonchev–Trinajstić information content (AvgIpc) is 3.29. The predicted molar refractivity (Wildman–Crippen MR) is 83.1 cm³/mol. The van der Waals surface area contributed by atoms with E-state index in [1.54, 1.807) is 23.9 Å². The fraction of sp³-hybridized carbons (Fsp3) is 0.500. The van der Waals surface area contributed by atoms with E-state index in [0.29, 0.717) is 6.04 Å². The number of hydrogen-bond donors (Lipinski definition) is 1. The van der Waals surface area contributed by atoms with Crippen molar-refractivity contribution in [2.45, 2.75) is 31.8 Å². The van der Waals surface area contributed by atoms with E-state index in [9.17, 15) is 9.59 Å². The molecule has 1 aliphatic carbocycles. The highest BCUT2D eigenvalue weighted by Gasteiger charge is 2.27. The summed E-state index contributed by atoms with van der Waals surface area (Å²) < 4.78 is 0. The van der Waals surface area contributed by atoms with E-state index in [-0.39, 0.29) is 24.4 Å². The third-order valence-corrected chi connectivity index (χ3v) is 3.83. The standard InChI is InChI=1S/C16H23N3O2/c1-12(18(2)11-15(20)17-13-9-10-13)16(21)19(3)14-7-5-4-6-8-14/h4-8,12-13H,9-11H2,1-3H3,(H,17,20)/t12-/m1/s1. The van der Waals surface area contributed by atoms with Crippen LogP contribution in [0.5, 0.6) is 0 Å². The van der Waals surface area contributed by atoms with Crippen molar-refractivity contribution in [2.24, 2.45) is 0 Å². The van der Waals surface area contributed by atoms with E-state index in [1.807, 2.05) is 37.3 Å². The number of hydrogen-bond acceptors (Lipinski definition) is 3. The molecule has 0 aromatic heterocycles.